The van der Waals surface area contributed by atoms with E-state index < -0.39 is 95.7 Å². The Hall–Kier alpha value is -3.70. The smallest absolute Gasteiger partial charge is 0.394 e. The van der Waals surface area contributed by atoms with Gasteiger partial charge in [-0.15, -0.1) is 0 Å². The maximum Gasteiger partial charge on any atom is 0.472 e. The number of anilines is 2. The molecule has 26 heteroatoms. The van der Waals surface area contributed by atoms with Crippen molar-refractivity contribution < 1.29 is 56.1 Å². The Morgan fingerprint density at radius 3 is 1.98 bits per heavy atom. The number of aromatic nitrogens is 8. The van der Waals surface area contributed by atoms with E-state index in [1.165, 1.54) is 0 Å². The van der Waals surface area contributed by atoms with Gasteiger partial charge in [-0.3, -0.25) is 42.3 Å². The Balaban J connectivity index is 1.19. The highest BCUT2D eigenvalue weighted by molar-refractivity contribution is 7.47. The second kappa shape index (κ2) is 12.7. The minimum Gasteiger partial charge on any atom is -0.394 e. The van der Waals surface area contributed by atoms with Crippen LogP contribution < -0.4 is 22.6 Å². The molecule has 0 spiro atoms. The van der Waals surface area contributed by atoms with Crippen molar-refractivity contribution >= 4 is 50.1 Å². The van der Waals surface area contributed by atoms with Gasteiger partial charge in [0.05, 0.1) is 25.9 Å². The van der Waals surface area contributed by atoms with Crippen molar-refractivity contribution in [3.63, 3.8) is 0 Å². The van der Waals surface area contributed by atoms with Crippen LogP contribution in [0.5, 0.6) is 0 Å². The quantitative estimate of drug-likeness (QED) is 0.0844. The third-order valence-electron chi connectivity index (χ3n) is 7.22. The third-order valence-corrected chi connectivity index (χ3v) is 8.62. The topological polar surface area (TPSA) is 320 Å². The zero-order chi connectivity index (χ0) is 33.8. The van der Waals surface area contributed by atoms with Crippen LogP contribution in [-0.2, 0) is 32.4 Å². The number of nitrogens with two attached hydrogens (primary N) is 2. The number of nitrogen functional groups attached to an aromatic ring is 2. The van der Waals surface area contributed by atoms with E-state index in [0.717, 1.165) is 21.8 Å². The first-order chi connectivity index (χ1) is 22.3. The molecule has 10 atom stereocenters. The number of aliphatic hydroxyl groups is 1. The zero-order valence-electron chi connectivity index (χ0n) is 23.5. The average molecular weight is 710 g/mol. The van der Waals surface area contributed by atoms with Crippen LogP contribution in [0.4, 0.5) is 20.7 Å². The Labute approximate surface area is 259 Å². The summed E-state index contributed by atoms with van der Waals surface area (Å²) in [5, 5.41) is 9.80. The predicted octanol–water partition coefficient (Wildman–Crippen LogP) is -1.81. The van der Waals surface area contributed by atoms with Crippen LogP contribution in [0.3, 0.4) is 0 Å². The normalized spacial score (nSPS) is 29.9. The number of nitrogens with zero attached hydrogens (tertiary/aromatic N) is 6. The van der Waals surface area contributed by atoms with Gasteiger partial charge in [0, 0.05) is 0 Å². The molecule has 0 amide bonds. The van der Waals surface area contributed by atoms with Crippen molar-refractivity contribution in [2.45, 2.75) is 49.2 Å². The maximum absolute atomic E-state index is 15.7. The van der Waals surface area contributed by atoms with E-state index in [9.17, 15) is 33.6 Å². The first kappa shape index (κ1) is 33.2. The number of imidazole rings is 2. The fourth-order valence-corrected chi connectivity index (χ4v) is 6.51. The van der Waals surface area contributed by atoms with Gasteiger partial charge in [0.25, 0.3) is 11.1 Å². The molecule has 9 N–H and O–H groups in total. The molecule has 2 aliphatic rings. The second-order valence-corrected chi connectivity index (χ2v) is 12.7. The van der Waals surface area contributed by atoms with Crippen molar-refractivity contribution in [3.05, 3.63) is 33.4 Å². The molecule has 47 heavy (non-hydrogen) atoms. The van der Waals surface area contributed by atoms with Crippen LogP contribution in [0.15, 0.2) is 22.2 Å². The maximum atomic E-state index is 15.7. The summed E-state index contributed by atoms with van der Waals surface area (Å²) in [5.41, 5.74) is 8.91. The van der Waals surface area contributed by atoms with Gasteiger partial charge in [0.2, 0.25) is 19.9 Å². The number of hydrogen-bond donors (Lipinski definition) is 7. The van der Waals surface area contributed by atoms with E-state index in [4.69, 9.17) is 34.7 Å². The fourth-order valence-electron chi connectivity index (χ4n) is 5.22. The van der Waals surface area contributed by atoms with E-state index >= 15 is 8.78 Å². The lowest BCUT2D eigenvalue weighted by molar-refractivity contribution is -0.0618. The molecule has 4 aromatic heterocycles. The summed E-state index contributed by atoms with van der Waals surface area (Å²) in [4.78, 5) is 64.1. The standard InChI is InChI=1S/C21H26F2N10O12P2/c22-8-12(41-5-46(37)38)7(44-18(8)32-3-26-10-14(32)28-20(24)30-16(10)35)2-42-47(39,40)45-13-6(1-34)43-19(9(13)23)33-4-27-11-15(33)29-21(25)31-17(11)36/h3-4,6-9,12-13,18-19,34,46H,1-2,5H2,(H,37,38)(H,39,40)(H3,24,28,30,35)(H3,25,29,31,36)/t6-,7-,8?,9?,12?,13?,18-,19-/m1/s1. The van der Waals surface area contributed by atoms with Crippen LogP contribution >= 0.6 is 15.9 Å². The molecule has 0 radical (unpaired) electrons. The summed E-state index contributed by atoms with van der Waals surface area (Å²) in [5.74, 6) is -0.628. The van der Waals surface area contributed by atoms with Gasteiger partial charge in [-0.2, -0.15) is 9.97 Å². The molecule has 2 aliphatic heterocycles. The molecule has 0 aliphatic carbocycles. The number of rotatable bonds is 11. The van der Waals surface area contributed by atoms with Gasteiger partial charge in [0.1, 0.15) is 30.8 Å². The molecule has 2 fully saturated rings. The number of hydrogen-bond acceptors (Lipinski definition) is 16. The zero-order valence-corrected chi connectivity index (χ0v) is 25.3. The van der Waals surface area contributed by atoms with Crippen LogP contribution in [0, 0.1) is 0 Å². The van der Waals surface area contributed by atoms with Gasteiger partial charge >= 0.3 is 7.82 Å². The molecule has 4 aromatic rings. The number of phosphoric acid groups is 1. The number of aromatic amines is 2. The van der Waals surface area contributed by atoms with Gasteiger partial charge in [-0.1, -0.05) is 0 Å². The molecule has 22 nitrogen and oxygen atoms in total. The van der Waals surface area contributed by atoms with Crippen molar-refractivity contribution in [1.82, 2.24) is 39.0 Å². The van der Waals surface area contributed by atoms with Crippen LogP contribution in [0.2, 0.25) is 0 Å². The Kier molecular flexibility index (Phi) is 8.99. The molecule has 256 valence electrons. The van der Waals surface area contributed by atoms with Crippen LogP contribution in [0.25, 0.3) is 22.3 Å². The number of ether oxygens (including phenoxy) is 3. The molecule has 0 bridgehead atoms. The molecule has 6 heterocycles. The van der Waals surface area contributed by atoms with E-state index in [1.807, 2.05) is 0 Å². The Morgan fingerprint density at radius 2 is 1.47 bits per heavy atom. The fraction of sp³-hybridized carbons (Fsp3) is 0.524. The van der Waals surface area contributed by atoms with E-state index in [-0.39, 0.29) is 34.2 Å². The Morgan fingerprint density at radius 1 is 0.957 bits per heavy atom. The van der Waals surface area contributed by atoms with Crippen LogP contribution in [-0.4, -0.2) is 110 Å². The number of phosphoric ester groups is 1. The summed E-state index contributed by atoms with van der Waals surface area (Å²) in [7, 11) is -8.54. The average Bonchev–Trinajstić information content (AvgIpc) is 3.75. The minimum atomic E-state index is -5.27. The molecular formula is C21H26F2N10O12P2. The van der Waals surface area contributed by atoms with Gasteiger partial charge < -0.3 is 40.6 Å². The number of fused-ring (bicyclic) bond motifs is 2. The summed E-state index contributed by atoms with van der Waals surface area (Å²) in [6.07, 6.45) is -13.2. The SMILES string of the molecule is Nc1nc2c(ncn2[C@@H]2O[C@H](COP(=O)(O)OC3C(F)[C@H](n4cnc5c(=O)[nH]c(N)nc54)O[C@@H]3CO)C(OC[PH](=O)O)C2F)c(=O)[nH]1. The molecule has 0 aromatic carbocycles. The Bertz CT molecular complexity index is 1990. The van der Waals surface area contributed by atoms with E-state index in [1.54, 1.807) is 0 Å². The van der Waals surface area contributed by atoms with E-state index in [2.05, 4.69) is 29.9 Å². The number of nitrogens with one attached hydrogen (secondary N) is 2. The molecular weight excluding hydrogens is 684 g/mol. The minimum absolute atomic E-state index is 0.181. The molecule has 6 rings (SSSR count). The molecule has 0 saturated carbocycles. The van der Waals surface area contributed by atoms with Crippen molar-refractivity contribution in [2.24, 2.45) is 0 Å². The van der Waals surface area contributed by atoms with E-state index in [0.29, 0.717) is 0 Å². The number of H-pyrrole nitrogens is 2. The van der Waals surface area contributed by atoms with Crippen LogP contribution in [0.1, 0.15) is 12.5 Å². The largest absolute Gasteiger partial charge is 0.472 e. The number of aliphatic hydroxyl groups excluding tert-OH is 1. The summed E-state index contributed by atoms with van der Waals surface area (Å²) < 4.78 is 84.1. The second-order valence-electron chi connectivity index (χ2n) is 10.3. The first-order valence-corrected chi connectivity index (χ1v) is 16.5. The first-order valence-electron chi connectivity index (χ1n) is 13.4. The lowest BCUT2D eigenvalue weighted by Crippen LogP contribution is -2.35. The third kappa shape index (κ3) is 6.32. The number of alkyl halides is 2. The highest BCUT2D eigenvalue weighted by Gasteiger charge is 2.52. The van der Waals surface area contributed by atoms with Gasteiger partial charge in [-0.05, 0) is 0 Å². The summed E-state index contributed by atoms with van der Waals surface area (Å²) in [6.45, 7) is -1.84. The highest BCUT2D eigenvalue weighted by Crippen LogP contribution is 2.50. The van der Waals surface area contributed by atoms with Crippen molar-refractivity contribution in [3.8, 4) is 0 Å². The molecule has 6 unspecified atom stereocenters. The van der Waals surface area contributed by atoms with Crippen molar-refractivity contribution in [2.75, 3.05) is 31.0 Å². The summed E-state index contributed by atoms with van der Waals surface area (Å²) in [6, 6.07) is 0. The van der Waals surface area contributed by atoms with Gasteiger partial charge in [-0.25, -0.2) is 23.3 Å². The molecule has 2 saturated heterocycles. The predicted molar refractivity (Wildman–Crippen MR) is 151 cm³/mol. The van der Waals surface area contributed by atoms with Gasteiger partial charge in [0.15, 0.2) is 47.1 Å². The summed E-state index contributed by atoms with van der Waals surface area (Å²) >= 11 is 0. The van der Waals surface area contributed by atoms with Crippen molar-refractivity contribution in [1.29, 1.82) is 0 Å². The lowest BCUT2D eigenvalue weighted by Gasteiger charge is -2.23. The highest BCUT2D eigenvalue weighted by atomic mass is 31.2. The number of halogens is 2. The lowest BCUT2D eigenvalue weighted by atomic mass is 10.1. The monoisotopic (exact) mass is 710 g/mol.